The smallest absolute Gasteiger partial charge is 0.275 e. The first kappa shape index (κ1) is 17.0. The van der Waals surface area contributed by atoms with Gasteiger partial charge in [0.15, 0.2) is 0 Å². The molecule has 6 heteroatoms. The standard InChI is InChI=1S/C19H18N2O3S/c1-12-17(21-19(25-12)13-7-5-4-6-8-13)18(22)20-15-11-14(23-2)9-10-16(15)24-3/h4-11H,1-3H3,(H,20,22). The normalized spacial score (nSPS) is 10.4. The summed E-state index contributed by atoms with van der Waals surface area (Å²) < 4.78 is 10.5. The molecule has 1 amide bonds. The van der Waals surface area contributed by atoms with E-state index in [1.165, 1.54) is 11.3 Å². The zero-order chi connectivity index (χ0) is 17.8. The molecule has 1 heterocycles. The van der Waals surface area contributed by atoms with Crippen LogP contribution in [-0.4, -0.2) is 25.1 Å². The van der Waals surface area contributed by atoms with Crippen LogP contribution in [0.1, 0.15) is 15.4 Å². The zero-order valence-electron chi connectivity index (χ0n) is 14.2. The van der Waals surface area contributed by atoms with Crippen LogP contribution in [0.25, 0.3) is 10.6 Å². The van der Waals surface area contributed by atoms with Crippen molar-refractivity contribution in [1.82, 2.24) is 4.98 Å². The van der Waals surface area contributed by atoms with Crippen LogP contribution in [-0.2, 0) is 0 Å². The van der Waals surface area contributed by atoms with E-state index in [4.69, 9.17) is 9.47 Å². The highest BCUT2D eigenvalue weighted by atomic mass is 32.1. The number of carbonyl (C=O) groups excluding carboxylic acids is 1. The SMILES string of the molecule is COc1ccc(OC)c(NC(=O)c2nc(-c3ccccc3)sc2C)c1. The van der Waals surface area contributed by atoms with Crippen molar-refractivity contribution >= 4 is 22.9 Å². The van der Waals surface area contributed by atoms with Gasteiger partial charge in [-0.1, -0.05) is 30.3 Å². The Kier molecular flexibility index (Phi) is 5.00. The fraction of sp³-hybridized carbons (Fsp3) is 0.158. The van der Waals surface area contributed by atoms with Gasteiger partial charge in [0.05, 0.1) is 19.9 Å². The molecule has 5 nitrogen and oxygen atoms in total. The van der Waals surface area contributed by atoms with Crippen molar-refractivity contribution in [3.05, 3.63) is 59.1 Å². The van der Waals surface area contributed by atoms with E-state index in [1.807, 2.05) is 37.3 Å². The monoisotopic (exact) mass is 354 g/mol. The molecule has 1 aromatic heterocycles. The van der Waals surface area contributed by atoms with Crippen LogP contribution < -0.4 is 14.8 Å². The molecular weight excluding hydrogens is 336 g/mol. The van der Waals surface area contributed by atoms with Gasteiger partial charge in [-0.3, -0.25) is 4.79 Å². The summed E-state index contributed by atoms with van der Waals surface area (Å²) in [5.41, 5.74) is 1.95. The molecule has 0 unspecified atom stereocenters. The van der Waals surface area contributed by atoms with Crippen molar-refractivity contribution < 1.29 is 14.3 Å². The molecular formula is C19H18N2O3S. The number of benzene rings is 2. The minimum atomic E-state index is -0.275. The summed E-state index contributed by atoms with van der Waals surface area (Å²) in [6.45, 7) is 1.89. The van der Waals surface area contributed by atoms with Gasteiger partial charge >= 0.3 is 0 Å². The number of aryl methyl sites for hydroxylation is 1. The van der Waals surface area contributed by atoms with Crippen molar-refractivity contribution in [2.45, 2.75) is 6.92 Å². The van der Waals surface area contributed by atoms with Gasteiger partial charge in [-0.15, -0.1) is 11.3 Å². The number of nitrogens with zero attached hydrogens (tertiary/aromatic N) is 1. The summed E-state index contributed by atoms with van der Waals surface area (Å²) in [4.78, 5) is 18.1. The first-order chi connectivity index (χ1) is 12.1. The topological polar surface area (TPSA) is 60.5 Å². The van der Waals surface area contributed by atoms with Crippen molar-refractivity contribution in [3.63, 3.8) is 0 Å². The molecule has 0 fully saturated rings. The molecule has 0 aliphatic heterocycles. The van der Waals surface area contributed by atoms with Gasteiger partial charge in [0.1, 0.15) is 22.2 Å². The van der Waals surface area contributed by atoms with Crippen LogP contribution in [0.3, 0.4) is 0 Å². The number of carbonyl (C=O) groups is 1. The quantitative estimate of drug-likeness (QED) is 0.738. The largest absolute Gasteiger partial charge is 0.497 e. The summed E-state index contributed by atoms with van der Waals surface area (Å²) in [6, 6.07) is 15.0. The van der Waals surface area contributed by atoms with E-state index < -0.39 is 0 Å². The lowest BCUT2D eigenvalue weighted by Gasteiger charge is -2.11. The Morgan fingerprint density at radius 2 is 1.84 bits per heavy atom. The molecule has 0 aliphatic rings. The maximum Gasteiger partial charge on any atom is 0.275 e. The molecule has 128 valence electrons. The second-order valence-corrected chi connectivity index (χ2v) is 6.51. The molecule has 0 bridgehead atoms. The molecule has 25 heavy (non-hydrogen) atoms. The van der Waals surface area contributed by atoms with Gasteiger partial charge in [-0.05, 0) is 19.1 Å². The number of nitrogens with one attached hydrogen (secondary N) is 1. The summed E-state index contributed by atoms with van der Waals surface area (Å²) in [7, 11) is 3.13. The van der Waals surface area contributed by atoms with Crippen LogP contribution in [0.5, 0.6) is 11.5 Å². The fourth-order valence-electron chi connectivity index (χ4n) is 2.40. The molecule has 2 aromatic carbocycles. The number of hydrogen-bond donors (Lipinski definition) is 1. The van der Waals surface area contributed by atoms with Gasteiger partial charge in [0.25, 0.3) is 5.91 Å². The highest BCUT2D eigenvalue weighted by Crippen LogP contribution is 2.31. The number of hydrogen-bond acceptors (Lipinski definition) is 5. The molecule has 1 N–H and O–H groups in total. The van der Waals surface area contributed by atoms with Crippen LogP contribution in [0, 0.1) is 6.92 Å². The first-order valence-electron chi connectivity index (χ1n) is 7.68. The number of methoxy groups -OCH3 is 2. The maximum atomic E-state index is 12.7. The number of ether oxygens (including phenoxy) is 2. The zero-order valence-corrected chi connectivity index (χ0v) is 15.0. The average Bonchev–Trinajstić information content (AvgIpc) is 3.04. The van der Waals surface area contributed by atoms with E-state index in [9.17, 15) is 4.79 Å². The van der Waals surface area contributed by atoms with Gasteiger partial charge in [0, 0.05) is 16.5 Å². The predicted octanol–water partition coefficient (Wildman–Crippen LogP) is 4.39. The minimum Gasteiger partial charge on any atom is -0.497 e. The van der Waals surface area contributed by atoms with Crippen molar-refractivity contribution in [2.24, 2.45) is 0 Å². The lowest BCUT2D eigenvalue weighted by atomic mass is 10.2. The minimum absolute atomic E-state index is 0.275. The lowest BCUT2D eigenvalue weighted by Crippen LogP contribution is -2.14. The van der Waals surface area contributed by atoms with E-state index in [1.54, 1.807) is 32.4 Å². The second kappa shape index (κ2) is 7.36. The van der Waals surface area contributed by atoms with E-state index >= 15 is 0 Å². The Morgan fingerprint density at radius 1 is 1.08 bits per heavy atom. The maximum absolute atomic E-state index is 12.7. The molecule has 0 saturated heterocycles. The Morgan fingerprint density at radius 3 is 2.52 bits per heavy atom. The van der Waals surface area contributed by atoms with Crippen LogP contribution in [0.15, 0.2) is 48.5 Å². The van der Waals surface area contributed by atoms with Gasteiger partial charge in [-0.2, -0.15) is 0 Å². The lowest BCUT2D eigenvalue weighted by molar-refractivity contribution is 0.102. The molecule has 0 spiro atoms. The van der Waals surface area contributed by atoms with Crippen molar-refractivity contribution in [2.75, 3.05) is 19.5 Å². The van der Waals surface area contributed by atoms with E-state index in [2.05, 4.69) is 10.3 Å². The second-order valence-electron chi connectivity index (χ2n) is 5.31. The van der Waals surface area contributed by atoms with Crippen LogP contribution >= 0.6 is 11.3 Å². The molecule has 0 saturated carbocycles. The molecule has 3 rings (SSSR count). The summed E-state index contributed by atoms with van der Waals surface area (Å²) in [5.74, 6) is 0.920. The average molecular weight is 354 g/mol. The number of rotatable bonds is 5. The van der Waals surface area contributed by atoms with Gasteiger partial charge in [0.2, 0.25) is 0 Å². The van der Waals surface area contributed by atoms with E-state index in [-0.39, 0.29) is 5.91 Å². The van der Waals surface area contributed by atoms with Crippen LogP contribution in [0.2, 0.25) is 0 Å². The third-order valence-electron chi connectivity index (χ3n) is 3.69. The number of thiazole rings is 1. The fourth-order valence-corrected chi connectivity index (χ4v) is 3.32. The summed E-state index contributed by atoms with van der Waals surface area (Å²) in [6.07, 6.45) is 0. The Labute approximate surface area is 150 Å². The van der Waals surface area contributed by atoms with Crippen molar-refractivity contribution in [1.29, 1.82) is 0 Å². The molecule has 3 aromatic rings. The Hall–Kier alpha value is -2.86. The number of amides is 1. The van der Waals surface area contributed by atoms with Crippen LogP contribution in [0.4, 0.5) is 5.69 Å². The van der Waals surface area contributed by atoms with Crippen molar-refractivity contribution in [3.8, 4) is 22.1 Å². The highest BCUT2D eigenvalue weighted by Gasteiger charge is 2.18. The number of aromatic nitrogens is 1. The van der Waals surface area contributed by atoms with E-state index in [0.29, 0.717) is 22.9 Å². The predicted molar refractivity (Wildman–Crippen MR) is 99.8 cm³/mol. The summed E-state index contributed by atoms with van der Waals surface area (Å²) >= 11 is 1.50. The first-order valence-corrected chi connectivity index (χ1v) is 8.50. The van der Waals surface area contributed by atoms with Gasteiger partial charge < -0.3 is 14.8 Å². The highest BCUT2D eigenvalue weighted by molar-refractivity contribution is 7.15. The van der Waals surface area contributed by atoms with E-state index in [0.717, 1.165) is 15.4 Å². The molecule has 0 radical (unpaired) electrons. The Balaban J connectivity index is 1.88. The molecule has 0 atom stereocenters. The summed E-state index contributed by atoms with van der Waals surface area (Å²) in [5, 5.41) is 3.68. The van der Waals surface area contributed by atoms with Gasteiger partial charge in [-0.25, -0.2) is 4.98 Å². The molecule has 0 aliphatic carbocycles. The third kappa shape index (κ3) is 3.64. The number of anilines is 1. The Bertz CT molecular complexity index is 891. The third-order valence-corrected chi connectivity index (χ3v) is 4.71.